The topological polar surface area (TPSA) is 54.8 Å². The number of rotatable bonds is 6. The molecule has 2 heterocycles. The van der Waals surface area contributed by atoms with Gasteiger partial charge in [-0.1, -0.05) is 31.1 Å². The maximum Gasteiger partial charge on any atom is 0.225 e. The Balaban J connectivity index is 1.67. The van der Waals surface area contributed by atoms with Crippen LogP contribution in [0.15, 0.2) is 53.9 Å². The van der Waals surface area contributed by atoms with E-state index in [9.17, 15) is 9.18 Å². The molecule has 1 aliphatic rings. The third-order valence-electron chi connectivity index (χ3n) is 4.24. The molecule has 0 fully saturated rings. The van der Waals surface area contributed by atoms with Crippen LogP contribution in [-0.4, -0.2) is 34.2 Å². The molecule has 0 saturated heterocycles. The molecule has 0 saturated carbocycles. The molecule has 1 amide bonds. The number of carbonyl (C=O) groups excluding carboxylic acids is 1. The van der Waals surface area contributed by atoms with Crippen LogP contribution in [0, 0.1) is 11.7 Å². The normalized spacial score (nSPS) is 16.3. The second-order valence-electron chi connectivity index (χ2n) is 6.71. The molecule has 0 unspecified atom stereocenters. The fourth-order valence-electron chi connectivity index (χ4n) is 2.88. The zero-order valence-corrected chi connectivity index (χ0v) is 14.9. The highest BCUT2D eigenvalue weighted by molar-refractivity contribution is 6.01. The van der Waals surface area contributed by atoms with Crippen LogP contribution in [0.25, 0.3) is 0 Å². The van der Waals surface area contributed by atoms with E-state index in [1.54, 1.807) is 29.4 Å². The van der Waals surface area contributed by atoms with Crippen LogP contribution in [0.4, 0.5) is 4.39 Å². The average molecular weight is 355 g/mol. The Morgan fingerprint density at radius 3 is 2.73 bits per heavy atom. The van der Waals surface area contributed by atoms with Gasteiger partial charge in [0.15, 0.2) is 6.10 Å². The predicted octanol–water partition coefficient (Wildman–Crippen LogP) is 3.40. The first-order valence-electron chi connectivity index (χ1n) is 8.69. The second-order valence-corrected chi connectivity index (χ2v) is 6.71. The van der Waals surface area contributed by atoms with E-state index in [2.05, 4.69) is 10.1 Å². The molecule has 0 radical (unpaired) electrons. The fraction of sp³-hybridized carbons (Fsp3) is 0.350. The highest BCUT2D eigenvalue weighted by Crippen LogP contribution is 2.19. The average Bonchev–Trinajstić information content (AvgIpc) is 3.11. The predicted molar refractivity (Wildman–Crippen MR) is 96.9 cm³/mol. The van der Waals surface area contributed by atoms with Crippen molar-refractivity contribution < 1.29 is 14.0 Å². The van der Waals surface area contributed by atoms with E-state index in [4.69, 9.17) is 4.84 Å². The number of nitrogens with zero attached hydrogens (tertiary/aromatic N) is 3. The quantitative estimate of drug-likeness (QED) is 0.798. The number of benzene rings is 1. The smallest absolute Gasteiger partial charge is 0.225 e. The van der Waals surface area contributed by atoms with Gasteiger partial charge in [-0.25, -0.2) is 4.39 Å². The third kappa shape index (κ3) is 4.45. The molecule has 1 aliphatic heterocycles. The van der Waals surface area contributed by atoms with Crippen molar-refractivity contribution in [2.45, 2.75) is 32.9 Å². The van der Waals surface area contributed by atoms with Crippen LogP contribution in [0.3, 0.4) is 0 Å². The van der Waals surface area contributed by atoms with Crippen LogP contribution >= 0.6 is 0 Å². The zero-order valence-electron chi connectivity index (χ0n) is 14.9. The van der Waals surface area contributed by atoms with E-state index in [0.717, 1.165) is 16.8 Å². The van der Waals surface area contributed by atoms with Crippen molar-refractivity contribution >= 4 is 11.6 Å². The van der Waals surface area contributed by atoms with Crippen LogP contribution in [0.2, 0.25) is 0 Å². The fourth-order valence-corrected chi connectivity index (χ4v) is 2.88. The van der Waals surface area contributed by atoms with Crippen molar-refractivity contribution in [2.75, 3.05) is 6.54 Å². The summed E-state index contributed by atoms with van der Waals surface area (Å²) in [5.41, 5.74) is 2.64. The molecule has 26 heavy (non-hydrogen) atoms. The van der Waals surface area contributed by atoms with Crippen molar-refractivity contribution in [3.05, 3.63) is 65.7 Å². The summed E-state index contributed by atoms with van der Waals surface area (Å²) in [6.45, 7) is 4.58. The lowest BCUT2D eigenvalue weighted by Crippen LogP contribution is -2.39. The van der Waals surface area contributed by atoms with Crippen molar-refractivity contribution in [1.29, 1.82) is 0 Å². The molecule has 3 rings (SSSR count). The Morgan fingerprint density at radius 1 is 1.31 bits per heavy atom. The minimum absolute atomic E-state index is 0.0350. The second kappa shape index (κ2) is 8.08. The van der Waals surface area contributed by atoms with Crippen LogP contribution in [0.1, 0.15) is 31.4 Å². The van der Waals surface area contributed by atoms with Gasteiger partial charge in [-0.05, 0) is 29.8 Å². The van der Waals surface area contributed by atoms with E-state index in [1.807, 2.05) is 26.0 Å². The Hall–Kier alpha value is -2.76. The Kier molecular flexibility index (Phi) is 5.61. The molecule has 2 aromatic rings. The van der Waals surface area contributed by atoms with Gasteiger partial charge < -0.3 is 9.74 Å². The van der Waals surface area contributed by atoms with E-state index in [0.29, 0.717) is 19.5 Å². The van der Waals surface area contributed by atoms with Crippen molar-refractivity contribution in [1.82, 2.24) is 9.88 Å². The molecule has 1 aromatic heterocycles. The molecule has 5 nitrogen and oxygen atoms in total. The minimum Gasteiger partial charge on any atom is -0.390 e. The first-order chi connectivity index (χ1) is 12.5. The number of halogens is 1. The van der Waals surface area contributed by atoms with Gasteiger partial charge in [0.05, 0.1) is 12.3 Å². The molecule has 1 aromatic carbocycles. The molecule has 6 heteroatoms. The zero-order chi connectivity index (χ0) is 18.5. The molecule has 1 atom stereocenters. The van der Waals surface area contributed by atoms with Gasteiger partial charge in [0.2, 0.25) is 5.91 Å². The lowest BCUT2D eigenvalue weighted by atomic mass is 10.1. The van der Waals surface area contributed by atoms with Gasteiger partial charge in [0, 0.05) is 36.8 Å². The molecule has 136 valence electrons. The lowest BCUT2D eigenvalue weighted by molar-refractivity contribution is -0.136. The molecule has 0 spiro atoms. The summed E-state index contributed by atoms with van der Waals surface area (Å²) in [7, 11) is 0. The molecule has 0 N–H and O–H groups in total. The maximum atomic E-state index is 13.1. The van der Waals surface area contributed by atoms with E-state index < -0.39 is 0 Å². The third-order valence-corrected chi connectivity index (χ3v) is 4.24. The van der Waals surface area contributed by atoms with E-state index in [1.165, 1.54) is 12.1 Å². The Bertz CT molecular complexity index is 775. The van der Waals surface area contributed by atoms with Crippen LogP contribution in [-0.2, 0) is 16.2 Å². The number of aromatic nitrogens is 1. The highest BCUT2D eigenvalue weighted by Gasteiger charge is 2.27. The Labute approximate surface area is 152 Å². The van der Waals surface area contributed by atoms with E-state index >= 15 is 0 Å². The number of carbonyl (C=O) groups is 1. The number of hydrogen-bond acceptors (Lipinski definition) is 4. The van der Waals surface area contributed by atoms with Crippen LogP contribution < -0.4 is 0 Å². The molecular formula is C20H22FN3O2. The summed E-state index contributed by atoms with van der Waals surface area (Å²) in [6.07, 6.45) is 3.88. The monoisotopic (exact) mass is 355 g/mol. The number of amides is 1. The number of hydrogen-bond donors (Lipinski definition) is 0. The highest BCUT2D eigenvalue weighted by atomic mass is 19.1. The van der Waals surface area contributed by atoms with Crippen LogP contribution in [0.5, 0.6) is 0 Å². The van der Waals surface area contributed by atoms with Crippen molar-refractivity contribution in [3.8, 4) is 0 Å². The standard InChI is InChI=1S/C20H22FN3O2/c1-14(2)20(25)24(12-15-5-7-17(21)8-6-15)13-18-10-19(23-26-18)16-4-3-9-22-11-16/h3-9,11,14,18H,10,12-13H2,1-2H3/t18-/m0/s1. The van der Waals surface area contributed by atoms with Gasteiger partial charge in [-0.2, -0.15) is 0 Å². The summed E-state index contributed by atoms with van der Waals surface area (Å²) >= 11 is 0. The maximum absolute atomic E-state index is 13.1. The Morgan fingerprint density at radius 2 is 2.08 bits per heavy atom. The molecule has 0 bridgehead atoms. The van der Waals surface area contributed by atoms with Gasteiger partial charge in [0.25, 0.3) is 0 Å². The largest absolute Gasteiger partial charge is 0.390 e. The number of oxime groups is 1. The first kappa shape index (κ1) is 18.0. The minimum atomic E-state index is -0.288. The van der Waals surface area contributed by atoms with E-state index in [-0.39, 0.29) is 23.7 Å². The lowest BCUT2D eigenvalue weighted by Gasteiger charge is -2.26. The van der Waals surface area contributed by atoms with Gasteiger partial charge >= 0.3 is 0 Å². The summed E-state index contributed by atoms with van der Waals surface area (Å²) < 4.78 is 13.1. The summed E-state index contributed by atoms with van der Waals surface area (Å²) in [6, 6.07) is 10.00. The summed E-state index contributed by atoms with van der Waals surface area (Å²) in [4.78, 5) is 24.0. The molecular weight excluding hydrogens is 333 g/mol. The SMILES string of the molecule is CC(C)C(=O)N(Cc1ccc(F)cc1)C[C@@H]1CC(c2cccnc2)=NO1. The van der Waals surface area contributed by atoms with Gasteiger partial charge in [-0.15, -0.1) is 0 Å². The van der Waals surface area contributed by atoms with Crippen molar-refractivity contribution in [2.24, 2.45) is 11.1 Å². The summed E-state index contributed by atoms with van der Waals surface area (Å²) in [5.74, 6) is -0.382. The van der Waals surface area contributed by atoms with Crippen molar-refractivity contribution in [3.63, 3.8) is 0 Å². The molecule has 0 aliphatic carbocycles. The first-order valence-corrected chi connectivity index (χ1v) is 8.69. The summed E-state index contributed by atoms with van der Waals surface area (Å²) in [5, 5.41) is 4.15. The van der Waals surface area contributed by atoms with Gasteiger partial charge in [0.1, 0.15) is 5.82 Å². The van der Waals surface area contributed by atoms with Gasteiger partial charge in [-0.3, -0.25) is 9.78 Å². The number of pyridine rings is 1.